The number of aryl methyl sites for hydroxylation is 1. The van der Waals surface area contributed by atoms with Gasteiger partial charge in [0.25, 0.3) is 5.56 Å². The number of piperazine rings is 1. The molecule has 12 heteroatoms. The van der Waals surface area contributed by atoms with E-state index >= 15 is 0 Å². The van der Waals surface area contributed by atoms with Crippen LogP contribution in [0.15, 0.2) is 34.5 Å². The van der Waals surface area contributed by atoms with Gasteiger partial charge in [-0.25, -0.2) is 13.1 Å². The van der Waals surface area contributed by atoms with E-state index in [2.05, 4.69) is 10.00 Å². The molecule has 2 aromatic heterocycles. The van der Waals surface area contributed by atoms with Gasteiger partial charge in [0.15, 0.2) is 0 Å². The van der Waals surface area contributed by atoms with Gasteiger partial charge in [-0.05, 0) is 43.0 Å². The van der Waals surface area contributed by atoms with E-state index in [0.717, 1.165) is 42.0 Å². The van der Waals surface area contributed by atoms with Crippen LogP contribution in [-0.4, -0.2) is 72.6 Å². The van der Waals surface area contributed by atoms with Crippen molar-refractivity contribution in [2.45, 2.75) is 12.8 Å². The van der Waals surface area contributed by atoms with Crippen LogP contribution in [0, 0.1) is 5.92 Å². The summed E-state index contributed by atoms with van der Waals surface area (Å²) in [4.78, 5) is 28.9. The normalized spacial score (nSPS) is 19.0. The molecule has 4 rings (SSSR count). The summed E-state index contributed by atoms with van der Waals surface area (Å²) in [5, 5.41) is 5.45. The molecule has 4 heterocycles. The first-order chi connectivity index (χ1) is 15.7. The molecule has 2 aliphatic heterocycles. The molecule has 1 amide bonds. The molecule has 0 spiro atoms. The summed E-state index contributed by atoms with van der Waals surface area (Å²) in [6, 6.07) is 6.73. The van der Waals surface area contributed by atoms with Crippen molar-refractivity contribution in [2.24, 2.45) is 13.0 Å². The van der Waals surface area contributed by atoms with Gasteiger partial charge in [0, 0.05) is 56.1 Å². The number of aromatic nitrogens is 2. The van der Waals surface area contributed by atoms with Crippen molar-refractivity contribution >= 4 is 50.8 Å². The quantitative estimate of drug-likeness (QED) is 0.587. The van der Waals surface area contributed by atoms with E-state index in [9.17, 15) is 18.0 Å². The average molecular weight is 512 g/mol. The number of halogens is 1. The molecule has 0 N–H and O–H groups in total. The number of anilines is 1. The van der Waals surface area contributed by atoms with Crippen LogP contribution in [0.3, 0.4) is 0 Å². The number of hydrogen-bond acceptors (Lipinski definition) is 7. The molecule has 9 nitrogen and oxygen atoms in total. The first-order valence-electron chi connectivity index (χ1n) is 10.7. The zero-order valence-corrected chi connectivity index (χ0v) is 20.7. The highest BCUT2D eigenvalue weighted by Gasteiger charge is 2.32. The maximum atomic E-state index is 12.7. The lowest BCUT2D eigenvalue weighted by atomic mass is 9.96. The molecular formula is C21H26ClN5O4S2. The highest BCUT2D eigenvalue weighted by molar-refractivity contribution is 7.92. The van der Waals surface area contributed by atoms with Gasteiger partial charge in [-0.3, -0.25) is 9.59 Å². The number of piperidine rings is 1. The third-order valence-corrected chi connectivity index (χ3v) is 8.71. The van der Waals surface area contributed by atoms with Crippen LogP contribution in [0.4, 0.5) is 5.82 Å². The zero-order chi connectivity index (χ0) is 23.6. The monoisotopic (exact) mass is 511 g/mol. The fourth-order valence-corrected chi connectivity index (χ4v) is 6.24. The number of rotatable bonds is 6. The fraction of sp³-hybridized carbons (Fsp3) is 0.476. The summed E-state index contributed by atoms with van der Waals surface area (Å²) >= 11 is 7.18. The number of nitrogens with zero attached hydrogens (tertiary/aromatic N) is 5. The fourth-order valence-electron chi connectivity index (χ4n) is 4.07. The Morgan fingerprint density at radius 3 is 2.52 bits per heavy atom. The minimum Gasteiger partial charge on any atom is -0.355 e. The van der Waals surface area contributed by atoms with Gasteiger partial charge in [-0.1, -0.05) is 11.6 Å². The van der Waals surface area contributed by atoms with Crippen molar-refractivity contribution < 1.29 is 13.2 Å². The van der Waals surface area contributed by atoms with E-state index in [4.69, 9.17) is 11.6 Å². The highest BCUT2D eigenvalue weighted by Crippen LogP contribution is 2.25. The number of sulfonamides is 1. The van der Waals surface area contributed by atoms with Crippen molar-refractivity contribution in [1.29, 1.82) is 0 Å². The van der Waals surface area contributed by atoms with Crippen molar-refractivity contribution in [3.05, 3.63) is 49.2 Å². The Morgan fingerprint density at radius 2 is 1.88 bits per heavy atom. The van der Waals surface area contributed by atoms with Crippen LogP contribution in [0.5, 0.6) is 0 Å². The predicted molar refractivity (Wildman–Crippen MR) is 130 cm³/mol. The van der Waals surface area contributed by atoms with Crippen LogP contribution in [0.2, 0.25) is 4.34 Å². The summed E-state index contributed by atoms with van der Waals surface area (Å²) < 4.78 is 28.4. The summed E-state index contributed by atoms with van der Waals surface area (Å²) in [7, 11) is -2.04. The van der Waals surface area contributed by atoms with Gasteiger partial charge in [-0.2, -0.15) is 9.40 Å². The van der Waals surface area contributed by atoms with Crippen molar-refractivity contribution in [3.8, 4) is 0 Å². The second-order valence-electron chi connectivity index (χ2n) is 8.25. The van der Waals surface area contributed by atoms with E-state index in [1.807, 2.05) is 0 Å². The number of thiophene rings is 1. The van der Waals surface area contributed by atoms with Gasteiger partial charge in [0.1, 0.15) is 5.82 Å². The Bertz CT molecular complexity index is 1200. The predicted octanol–water partition coefficient (Wildman–Crippen LogP) is 1.86. The maximum absolute atomic E-state index is 12.7. The molecule has 0 atom stereocenters. The van der Waals surface area contributed by atoms with Gasteiger partial charge >= 0.3 is 0 Å². The Kier molecular flexibility index (Phi) is 7.22. The van der Waals surface area contributed by atoms with Crippen LogP contribution in [-0.2, 0) is 21.9 Å². The Labute approximate surface area is 201 Å². The van der Waals surface area contributed by atoms with Crippen LogP contribution in [0.1, 0.15) is 17.7 Å². The van der Waals surface area contributed by atoms with Crippen molar-refractivity contribution in [3.63, 3.8) is 0 Å². The Morgan fingerprint density at radius 1 is 1.12 bits per heavy atom. The third-order valence-electron chi connectivity index (χ3n) is 6.01. The first-order valence-corrected chi connectivity index (χ1v) is 13.4. The topological polar surface area (TPSA) is 95.8 Å². The molecular weight excluding hydrogens is 486 g/mol. The third kappa shape index (κ3) is 5.84. The summed E-state index contributed by atoms with van der Waals surface area (Å²) in [5.74, 6) is 0.965. The number of carbonyl (C=O) groups excluding carboxylic acids is 1. The van der Waals surface area contributed by atoms with E-state index in [1.54, 1.807) is 30.1 Å². The molecule has 2 fully saturated rings. The summed E-state index contributed by atoms with van der Waals surface area (Å²) in [6.45, 7) is 2.76. The molecule has 0 saturated carbocycles. The second kappa shape index (κ2) is 9.96. The van der Waals surface area contributed by atoms with Gasteiger partial charge in [-0.15, -0.1) is 11.3 Å². The molecule has 0 aromatic carbocycles. The number of hydrogen-bond donors (Lipinski definition) is 0. The van der Waals surface area contributed by atoms with Crippen molar-refractivity contribution in [1.82, 2.24) is 19.0 Å². The Hall–Kier alpha value is -2.21. The van der Waals surface area contributed by atoms with E-state index < -0.39 is 10.0 Å². The van der Waals surface area contributed by atoms with E-state index in [-0.39, 0.29) is 24.6 Å². The minimum atomic E-state index is -3.68. The standard InChI is InChI=1S/C21H26ClN5O4S2/c1-24-20(28)5-4-19(23-24)25-9-6-16(7-10-25)14-26-11-12-27(15-21(26)29)33(30,31)13-8-17-2-3-18(22)32-17/h2-5,8,13,16H,6-7,9-12,14-15H2,1H3/b13-8+. The van der Waals surface area contributed by atoms with Crippen LogP contribution >= 0.6 is 22.9 Å². The maximum Gasteiger partial charge on any atom is 0.266 e. The molecule has 2 saturated heterocycles. The van der Waals surface area contributed by atoms with Crippen LogP contribution < -0.4 is 10.5 Å². The summed E-state index contributed by atoms with van der Waals surface area (Å²) in [5.41, 5.74) is -0.139. The molecule has 0 radical (unpaired) electrons. The molecule has 2 aromatic rings. The Balaban J connectivity index is 1.28. The number of amides is 1. The summed E-state index contributed by atoms with van der Waals surface area (Å²) in [6.07, 6.45) is 3.32. The SMILES string of the molecule is Cn1nc(N2CCC(CN3CCN(S(=O)(=O)/C=C/c4ccc(Cl)s4)CC3=O)CC2)ccc1=O. The molecule has 0 unspecified atom stereocenters. The lowest BCUT2D eigenvalue weighted by Crippen LogP contribution is -2.53. The van der Waals surface area contributed by atoms with E-state index in [1.165, 1.54) is 32.5 Å². The lowest BCUT2D eigenvalue weighted by Gasteiger charge is -2.38. The first kappa shape index (κ1) is 23.9. The van der Waals surface area contributed by atoms with Gasteiger partial charge in [0.2, 0.25) is 15.9 Å². The molecule has 178 valence electrons. The smallest absolute Gasteiger partial charge is 0.266 e. The van der Waals surface area contributed by atoms with Crippen molar-refractivity contribution in [2.75, 3.05) is 44.2 Å². The van der Waals surface area contributed by atoms with E-state index in [0.29, 0.717) is 23.3 Å². The second-order valence-corrected chi connectivity index (χ2v) is 11.8. The molecule has 33 heavy (non-hydrogen) atoms. The van der Waals surface area contributed by atoms with Gasteiger partial charge < -0.3 is 9.80 Å². The molecule has 0 aliphatic carbocycles. The zero-order valence-electron chi connectivity index (χ0n) is 18.3. The minimum absolute atomic E-state index is 0.139. The average Bonchev–Trinajstić information content (AvgIpc) is 3.21. The highest BCUT2D eigenvalue weighted by atomic mass is 35.5. The molecule has 0 bridgehead atoms. The van der Waals surface area contributed by atoms with Gasteiger partial charge in [0.05, 0.1) is 10.9 Å². The largest absolute Gasteiger partial charge is 0.355 e. The lowest BCUT2D eigenvalue weighted by molar-refractivity contribution is -0.134. The van der Waals surface area contributed by atoms with Crippen LogP contribution in [0.25, 0.3) is 6.08 Å². The number of carbonyl (C=O) groups is 1. The molecule has 2 aliphatic rings.